The molecule has 1 aliphatic carbocycles. The lowest BCUT2D eigenvalue weighted by Gasteiger charge is -2.41. The van der Waals surface area contributed by atoms with Gasteiger partial charge in [-0.1, -0.05) is 0 Å². The first kappa shape index (κ1) is 14.3. The summed E-state index contributed by atoms with van der Waals surface area (Å²) in [5, 5.41) is 11.5. The molecule has 1 amide bonds. The fourth-order valence-corrected chi connectivity index (χ4v) is 4.08. The van der Waals surface area contributed by atoms with Crippen LogP contribution in [0.3, 0.4) is 0 Å². The lowest BCUT2D eigenvalue weighted by molar-refractivity contribution is -0.140. The molecule has 0 radical (unpaired) electrons. The van der Waals surface area contributed by atoms with Crippen LogP contribution in [0.25, 0.3) is 0 Å². The van der Waals surface area contributed by atoms with Gasteiger partial charge in [-0.2, -0.15) is 4.31 Å². The predicted molar refractivity (Wildman–Crippen MR) is 67.0 cm³/mol. The van der Waals surface area contributed by atoms with E-state index >= 15 is 0 Å². The minimum Gasteiger partial charge on any atom is -0.481 e. The number of nitrogens with one attached hydrogen (secondary N) is 1. The first-order chi connectivity index (χ1) is 8.83. The number of nitrogens with zero attached hydrogens (tertiary/aromatic N) is 1. The van der Waals surface area contributed by atoms with Crippen molar-refractivity contribution in [1.82, 2.24) is 9.62 Å². The van der Waals surface area contributed by atoms with Crippen molar-refractivity contribution in [1.29, 1.82) is 0 Å². The normalized spacial score (nSPS) is 24.6. The van der Waals surface area contributed by atoms with E-state index in [1.54, 1.807) is 0 Å². The Hall–Kier alpha value is -1.15. The third-order valence-corrected chi connectivity index (χ3v) is 5.63. The van der Waals surface area contributed by atoms with Gasteiger partial charge in [-0.15, -0.1) is 0 Å². The van der Waals surface area contributed by atoms with E-state index in [0.29, 0.717) is 25.8 Å². The molecule has 1 saturated heterocycles. The Morgan fingerprint density at radius 3 is 2.37 bits per heavy atom. The topological polar surface area (TPSA) is 104 Å². The molecule has 0 spiro atoms. The highest BCUT2D eigenvalue weighted by atomic mass is 32.2. The zero-order chi connectivity index (χ0) is 14.1. The molecule has 0 aromatic heterocycles. The summed E-state index contributed by atoms with van der Waals surface area (Å²) in [6.07, 6.45) is 2.59. The van der Waals surface area contributed by atoms with E-state index in [0.717, 1.165) is 10.7 Å². The van der Waals surface area contributed by atoms with Crippen molar-refractivity contribution in [2.45, 2.75) is 37.6 Å². The fourth-order valence-electron chi connectivity index (χ4n) is 2.60. The van der Waals surface area contributed by atoms with Crippen LogP contribution in [-0.2, 0) is 19.6 Å². The highest BCUT2D eigenvalue weighted by Crippen LogP contribution is 2.34. The van der Waals surface area contributed by atoms with Crippen LogP contribution in [0.1, 0.15) is 32.1 Å². The zero-order valence-electron chi connectivity index (χ0n) is 10.6. The summed E-state index contributed by atoms with van der Waals surface area (Å²) >= 11 is 0. The van der Waals surface area contributed by atoms with Crippen LogP contribution in [0.15, 0.2) is 0 Å². The molecule has 108 valence electrons. The summed E-state index contributed by atoms with van der Waals surface area (Å²) in [6, 6.07) is 0. The molecule has 0 aromatic carbocycles. The molecule has 2 aliphatic rings. The van der Waals surface area contributed by atoms with Gasteiger partial charge in [0.2, 0.25) is 15.9 Å². The minimum absolute atomic E-state index is 0.0839. The van der Waals surface area contributed by atoms with Gasteiger partial charge in [-0.3, -0.25) is 9.59 Å². The number of rotatable bonds is 5. The Labute approximate surface area is 112 Å². The van der Waals surface area contributed by atoms with Gasteiger partial charge < -0.3 is 10.4 Å². The molecule has 0 atom stereocenters. The standard InChI is InChI=1S/C11H18N2O5S/c14-9(8-13-5-2-6-19(13,17)18)12-11(3-1-4-11)7-10(15)16/h1-8H2,(H,12,14)(H,15,16). The van der Waals surface area contributed by atoms with Crippen molar-refractivity contribution >= 4 is 21.9 Å². The number of hydrogen-bond acceptors (Lipinski definition) is 4. The smallest absolute Gasteiger partial charge is 0.305 e. The number of aliphatic carboxylic acids is 1. The number of hydrogen-bond donors (Lipinski definition) is 2. The van der Waals surface area contributed by atoms with Gasteiger partial charge in [0.15, 0.2) is 0 Å². The number of amides is 1. The SMILES string of the molecule is O=C(O)CC1(NC(=O)CN2CCCS2(=O)=O)CCC1. The van der Waals surface area contributed by atoms with Crippen LogP contribution >= 0.6 is 0 Å². The van der Waals surface area contributed by atoms with Gasteiger partial charge >= 0.3 is 5.97 Å². The van der Waals surface area contributed by atoms with E-state index in [1.807, 2.05) is 0 Å². The largest absolute Gasteiger partial charge is 0.481 e. The summed E-state index contributed by atoms with van der Waals surface area (Å²) in [7, 11) is -3.29. The molecule has 0 bridgehead atoms. The van der Waals surface area contributed by atoms with Crippen LogP contribution < -0.4 is 5.32 Å². The third-order valence-electron chi connectivity index (χ3n) is 3.73. The number of carboxylic acid groups (broad SMARTS) is 1. The maximum Gasteiger partial charge on any atom is 0.305 e. The molecule has 8 heteroatoms. The van der Waals surface area contributed by atoms with Crippen molar-refractivity contribution < 1.29 is 23.1 Å². The molecule has 1 heterocycles. The molecule has 2 fully saturated rings. The number of sulfonamides is 1. The average Bonchev–Trinajstić information content (AvgIpc) is 2.54. The summed E-state index contributed by atoms with van der Waals surface area (Å²) in [6.45, 7) is 0.158. The van der Waals surface area contributed by atoms with Gasteiger partial charge in [0.25, 0.3) is 0 Å². The fraction of sp³-hybridized carbons (Fsp3) is 0.818. The Kier molecular flexibility index (Phi) is 3.82. The van der Waals surface area contributed by atoms with Crippen LogP contribution in [0, 0.1) is 0 Å². The molecular formula is C11H18N2O5S. The summed E-state index contributed by atoms with van der Waals surface area (Å²) in [5.41, 5.74) is -0.674. The highest BCUT2D eigenvalue weighted by molar-refractivity contribution is 7.89. The summed E-state index contributed by atoms with van der Waals surface area (Å²) in [4.78, 5) is 22.6. The zero-order valence-corrected chi connectivity index (χ0v) is 11.4. The van der Waals surface area contributed by atoms with E-state index < -0.39 is 27.4 Å². The Bertz CT molecular complexity index is 483. The Morgan fingerprint density at radius 2 is 1.95 bits per heavy atom. The second-order valence-corrected chi connectivity index (χ2v) is 7.34. The van der Waals surface area contributed by atoms with E-state index in [2.05, 4.69) is 5.32 Å². The van der Waals surface area contributed by atoms with Crippen LogP contribution in [-0.4, -0.2) is 54.1 Å². The molecule has 2 rings (SSSR count). The molecule has 0 aromatic rings. The van der Waals surface area contributed by atoms with E-state index in [-0.39, 0.29) is 18.7 Å². The summed E-state index contributed by atoms with van der Waals surface area (Å²) in [5.74, 6) is -1.28. The Balaban J connectivity index is 1.92. The van der Waals surface area contributed by atoms with Crippen molar-refractivity contribution in [2.75, 3.05) is 18.8 Å². The first-order valence-corrected chi connectivity index (χ1v) is 7.95. The van der Waals surface area contributed by atoms with Gasteiger partial charge in [0.05, 0.1) is 24.3 Å². The second-order valence-electron chi connectivity index (χ2n) is 5.26. The van der Waals surface area contributed by atoms with Crippen molar-refractivity contribution in [3.8, 4) is 0 Å². The van der Waals surface area contributed by atoms with E-state index in [9.17, 15) is 18.0 Å². The quantitative estimate of drug-likeness (QED) is 0.713. The first-order valence-electron chi connectivity index (χ1n) is 6.34. The van der Waals surface area contributed by atoms with Crippen molar-refractivity contribution in [3.63, 3.8) is 0 Å². The maximum atomic E-state index is 11.9. The van der Waals surface area contributed by atoms with E-state index in [4.69, 9.17) is 5.11 Å². The molecule has 0 unspecified atom stereocenters. The Morgan fingerprint density at radius 1 is 1.26 bits per heavy atom. The number of carbonyl (C=O) groups is 2. The van der Waals surface area contributed by atoms with Crippen LogP contribution in [0.5, 0.6) is 0 Å². The second kappa shape index (κ2) is 5.09. The molecule has 7 nitrogen and oxygen atoms in total. The van der Waals surface area contributed by atoms with Gasteiger partial charge in [-0.05, 0) is 25.7 Å². The predicted octanol–water partition coefficient (Wildman–Crippen LogP) is -0.465. The lowest BCUT2D eigenvalue weighted by atomic mass is 9.74. The van der Waals surface area contributed by atoms with Gasteiger partial charge in [0, 0.05) is 6.54 Å². The molecule has 19 heavy (non-hydrogen) atoms. The van der Waals surface area contributed by atoms with Gasteiger partial charge in [-0.25, -0.2) is 8.42 Å². The van der Waals surface area contributed by atoms with Crippen LogP contribution in [0.4, 0.5) is 0 Å². The number of carbonyl (C=O) groups excluding carboxylic acids is 1. The van der Waals surface area contributed by atoms with Crippen LogP contribution in [0.2, 0.25) is 0 Å². The third kappa shape index (κ3) is 3.24. The minimum atomic E-state index is -3.29. The van der Waals surface area contributed by atoms with Crippen molar-refractivity contribution in [3.05, 3.63) is 0 Å². The highest BCUT2D eigenvalue weighted by Gasteiger charge is 2.41. The monoisotopic (exact) mass is 290 g/mol. The average molecular weight is 290 g/mol. The molecular weight excluding hydrogens is 272 g/mol. The molecule has 2 N–H and O–H groups in total. The van der Waals surface area contributed by atoms with Crippen molar-refractivity contribution in [2.24, 2.45) is 0 Å². The number of carboxylic acids is 1. The molecule has 1 aliphatic heterocycles. The van der Waals surface area contributed by atoms with E-state index in [1.165, 1.54) is 0 Å². The lowest BCUT2D eigenvalue weighted by Crippen LogP contribution is -2.56. The molecule has 1 saturated carbocycles. The maximum absolute atomic E-state index is 11.9. The van der Waals surface area contributed by atoms with Gasteiger partial charge in [0.1, 0.15) is 0 Å². The summed E-state index contributed by atoms with van der Waals surface area (Å²) < 4.78 is 24.3.